The fourth-order valence-corrected chi connectivity index (χ4v) is 3.15. The molecular formula is C25H22N2O4. The van der Waals surface area contributed by atoms with Crippen molar-refractivity contribution in [3.8, 4) is 17.2 Å². The number of fused-ring (bicyclic) bond motifs is 1. The van der Waals surface area contributed by atoms with Gasteiger partial charge in [-0.3, -0.25) is 4.79 Å². The number of para-hydroxylation sites is 1. The van der Waals surface area contributed by atoms with Crippen LogP contribution in [0.5, 0.6) is 17.2 Å². The van der Waals surface area contributed by atoms with Crippen LogP contribution in [0.2, 0.25) is 0 Å². The van der Waals surface area contributed by atoms with E-state index < -0.39 is 0 Å². The molecule has 6 nitrogen and oxygen atoms in total. The molecular weight excluding hydrogens is 392 g/mol. The quantitative estimate of drug-likeness (QED) is 0.457. The van der Waals surface area contributed by atoms with Crippen molar-refractivity contribution in [1.82, 2.24) is 4.98 Å². The molecule has 0 fully saturated rings. The number of methoxy groups -OCH3 is 2. The smallest absolute Gasteiger partial charge is 0.255 e. The van der Waals surface area contributed by atoms with Crippen LogP contribution in [-0.4, -0.2) is 25.1 Å². The number of ether oxygens (including phenoxy) is 3. The Morgan fingerprint density at radius 1 is 0.871 bits per heavy atom. The standard InChI is InChI=1S/C25H22N2O4/c1-29-21-13-14-24(30-2)23(15-21)27-25(28)18-8-11-20(12-9-18)31-16-19-10-7-17-5-3-4-6-22(17)26-19/h3-15H,16H2,1-2H3,(H,27,28). The Labute approximate surface area is 180 Å². The van der Waals surface area contributed by atoms with E-state index in [4.69, 9.17) is 14.2 Å². The molecule has 4 aromatic rings. The average molecular weight is 414 g/mol. The summed E-state index contributed by atoms with van der Waals surface area (Å²) < 4.78 is 16.4. The number of carbonyl (C=O) groups excluding carboxylic acids is 1. The SMILES string of the molecule is COc1ccc(OC)c(NC(=O)c2ccc(OCc3ccc4ccccc4n3)cc2)c1. The number of rotatable bonds is 7. The number of nitrogens with one attached hydrogen (secondary N) is 1. The van der Waals surface area contributed by atoms with Gasteiger partial charge in [0.1, 0.15) is 23.9 Å². The minimum absolute atomic E-state index is 0.255. The van der Waals surface area contributed by atoms with Crippen LogP contribution in [0.1, 0.15) is 16.1 Å². The molecule has 0 bridgehead atoms. The predicted octanol–water partition coefficient (Wildman–Crippen LogP) is 5.08. The zero-order valence-electron chi connectivity index (χ0n) is 17.3. The highest BCUT2D eigenvalue weighted by atomic mass is 16.5. The molecule has 0 atom stereocenters. The van der Waals surface area contributed by atoms with Gasteiger partial charge in [-0.15, -0.1) is 0 Å². The summed E-state index contributed by atoms with van der Waals surface area (Å²) in [7, 11) is 3.12. The zero-order valence-corrected chi connectivity index (χ0v) is 17.3. The maximum atomic E-state index is 12.6. The lowest BCUT2D eigenvalue weighted by Gasteiger charge is -2.12. The number of benzene rings is 3. The Kier molecular flexibility index (Phi) is 5.98. The van der Waals surface area contributed by atoms with Gasteiger partial charge < -0.3 is 19.5 Å². The average Bonchev–Trinajstić information content (AvgIpc) is 2.82. The molecule has 0 saturated heterocycles. The van der Waals surface area contributed by atoms with Crippen molar-refractivity contribution in [1.29, 1.82) is 0 Å². The van der Waals surface area contributed by atoms with E-state index in [9.17, 15) is 4.79 Å². The van der Waals surface area contributed by atoms with Crippen LogP contribution in [0.15, 0.2) is 78.9 Å². The highest BCUT2D eigenvalue weighted by Crippen LogP contribution is 2.29. The molecule has 0 aliphatic rings. The van der Waals surface area contributed by atoms with E-state index in [0.717, 1.165) is 16.6 Å². The maximum Gasteiger partial charge on any atom is 0.255 e. The van der Waals surface area contributed by atoms with E-state index in [1.165, 1.54) is 0 Å². The molecule has 0 aliphatic carbocycles. The molecule has 31 heavy (non-hydrogen) atoms. The highest BCUT2D eigenvalue weighted by molar-refractivity contribution is 6.05. The van der Waals surface area contributed by atoms with Crippen LogP contribution < -0.4 is 19.5 Å². The maximum absolute atomic E-state index is 12.6. The van der Waals surface area contributed by atoms with E-state index in [0.29, 0.717) is 35.1 Å². The lowest BCUT2D eigenvalue weighted by atomic mass is 10.2. The molecule has 0 saturated carbocycles. The predicted molar refractivity (Wildman–Crippen MR) is 120 cm³/mol. The molecule has 0 spiro atoms. The van der Waals surface area contributed by atoms with Gasteiger partial charge in [-0.25, -0.2) is 4.98 Å². The minimum atomic E-state index is -0.255. The molecule has 6 heteroatoms. The third-order valence-electron chi connectivity index (χ3n) is 4.81. The van der Waals surface area contributed by atoms with Crippen molar-refractivity contribution in [2.24, 2.45) is 0 Å². The topological polar surface area (TPSA) is 69.7 Å². The number of pyridine rings is 1. The summed E-state index contributed by atoms with van der Waals surface area (Å²) in [5.74, 6) is 1.58. The van der Waals surface area contributed by atoms with Crippen LogP contribution >= 0.6 is 0 Å². The first-order valence-electron chi connectivity index (χ1n) is 9.77. The van der Waals surface area contributed by atoms with Gasteiger partial charge in [0.15, 0.2) is 0 Å². The van der Waals surface area contributed by atoms with Crippen molar-refractivity contribution < 1.29 is 19.0 Å². The van der Waals surface area contributed by atoms with Crippen LogP contribution in [0, 0.1) is 0 Å². The van der Waals surface area contributed by atoms with Gasteiger partial charge in [-0.05, 0) is 48.5 Å². The molecule has 1 heterocycles. The first kappa shape index (κ1) is 20.2. The molecule has 156 valence electrons. The molecule has 3 aromatic carbocycles. The minimum Gasteiger partial charge on any atom is -0.497 e. The first-order valence-corrected chi connectivity index (χ1v) is 9.77. The second-order valence-electron chi connectivity index (χ2n) is 6.83. The number of anilines is 1. The van der Waals surface area contributed by atoms with E-state index in [-0.39, 0.29) is 5.91 Å². The number of hydrogen-bond acceptors (Lipinski definition) is 5. The van der Waals surface area contributed by atoms with Crippen molar-refractivity contribution in [3.63, 3.8) is 0 Å². The second kappa shape index (κ2) is 9.17. The van der Waals surface area contributed by atoms with Crippen molar-refractivity contribution in [2.75, 3.05) is 19.5 Å². The summed E-state index contributed by atoms with van der Waals surface area (Å²) in [5.41, 5.74) is 2.81. The number of aromatic nitrogens is 1. The number of carbonyl (C=O) groups is 1. The van der Waals surface area contributed by atoms with Gasteiger partial charge in [0.25, 0.3) is 5.91 Å². The molecule has 4 rings (SSSR count). The van der Waals surface area contributed by atoms with Gasteiger partial charge in [0.2, 0.25) is 0 Å². The molecule has 0 radical (unpaired) electrons. The zero-order chi connectivity index (χ0) is 21.6. The van der Waals surface area contributed by atoms with E-state index in [1.807, 2.05) is 36.4 Å². The summed E-state index contributed by atoms with van der Waals surface area (Å²) in [6.45, 7) is 0.345. The highest BCUT2D eigenvalue weighted by Gasteiger charge is 2.11. The molecule has 0 aliphatic heterocycles. The van der Waals surface area contributed by atoms with Crippen molar-refractivity contribution >= 4 is 22.5 Å². The molecule has 1 N–H and O–H groups in total. The number of nitrogens with zero attached hydrogens (tertiary/aromatic N) is 1. The van der Waals surface area contributed by atoms with Crippen LogP contribution in [0.25, 0.3) is 10.9 Å². The van der Waals surface area contributed by atoms with Gasteiger partial charge in [0, 0.05) is 17.0 Å². The second-order valence-corrected chi connectivity index (χ2v) is 6.83. The van der Waals surface area contributed by atoms with E-state index in [2.05, 4.69) is 10.3 Å². The summed E-state index contributed by atoms with van der Waals surface area (Å²) in [5, 5.41) is 3.94. The van der Waals surface area contributed by atoms with Crippen LogP contribution in [0.3, 0.4) is 0 Å². The summed E-state index contributed by atoms with van der Waals surface area (Å²) in [6.07, 6.45) is 0. The lowest BCUT2D eigenvalue weighted by Crippen LogP contribution is -2.12. The van der Waals surface area contributed by atoms with Crippen molar-refractivity contribution in [3.05, 3.63) is 90.1 Å². The van der Waals surface area contributed by atoms with E-state index >= 15 is 0 Å². The fraction of sp³-hybridized carbons (Fsp3) is 0.120. The van der Waals surface area contributed by atoms with Gasteiger partial charge in [-0.1, -0.05) is 24.3 Å². The Balaban J connectivity index is 1.41. The number of hydrogen-bond donors (Lipinski definition) is 1. The molecule has 1 amide bonds. The Morgan fingerprint density at radius 3 is 2.42 bits per heavy atom. The number of amides is 1. The van der Waals surface area contributed by atoms with Gasteiger partial charge in [0.05, 0.1) is 31.1 Å². The van der Waals surface area contributed by atoms with Crippen LogP contribution in [0.4, 0.5) is 5.69 Å². The molecule has 1 aromatic heterocycles. The Morgan fingerprint density at radius 2 is 1.65 bits per heavy atom. The van der Waals surface area contributed by atoms with Crippen LogP contribution in [-0.2, 0) is 6.61 Å². The Hall–Kier alpha value is -4.06. The third-order valence-corrected chi connectivity index (χ3v) is 4.81. The molecule has 0 unspecified atom stereocenters. The Bertz CT molecular complexity index is 1210. The summed E-state index contributed by atoms with van der Waals surface area (Å²) in [6, 6.07) is 24.1. The summed E-state index contributed by atoms with van der Waals surface area (Å²) >= 11 is 0. The van der Waals surface area contributed by atoms with Crippen molar-refractivity contribution in [2.45, 2.75) is 6.61 Å². The van der Waals surface area contributed by atoms with E-state index in [1.54, 1.807) is 56.7 Å². The largest absolute Gasteiger partial charge is 0.497 e. The first-order chi connectivity index (χ1) is 15.2. The monoisotopic (exact) mass is 414 g/mol. The summed E-state index contributed by atoms with van der Waals surface area (Å²) in [4.78, 5) is 17.2. The van der Waals surface area contributed by atoms with Gasteiger partial charge in [-0.2, -0.15) is 0 Å². The third kappa shape index (κ3) is 4.75. The van der Waals surface area contributed by atoms with Gasteiger partial charge >= 0.3 is 0 Å². The normalized spacial score (nSPS) is 10.5. The fourth-order valence-electron chi connectivity index (χ4n) is 3.15. The lowest BCUT2D eigenvalue weighted by molar-refractivity contribution is 0.102.